The van der Waals surface area contributed by atoms with Gasteiger partial charge in [0.05, 0.1) is 18.6 Å². The highest BCUT2D eigenvalue weighted by Crippen LogP contribution is 2.35. The van der Waals surface area contributed by atoms with Crippen LogP contribution in [0.3, 0.4) is 0 Å². The molecule has 0 spiro atoms. The molecule has 0 atom stereocenters. The van der Waals surface area contributed by atoms with Gasteiger partial charge in [-0.3, -0.25) is 14.4 Å². The normalized spacial score (nSPS) is 17.3. The predicted octanol–water partition coefficient (Wildman–Crippen LogP) is 1.54. The second-order valence-corrected chi connectivity index (χ2v) is 5.89. The van der Waals surface area contributed by atoms with Crippen molar-refractivity contribution in [2.45, 2.75) is 51.2 Å². The lowest BCUT2D eigenvalue weighted by Gasteiger charge is -2.34. The van der Waals surface area contributed by atoms with Gasteiger partial charge in [0.15, 0.2) is 0 Å². The van der Waals surface area contributed by atoms with Gasteiger partial charge in [-0.25, -0.2) is 0 Å². The molecule has 0 radical (unpaired) electrons. The largest absolute Gasteiger partial charge is 0.481 e. The van der Waals surface area contributed by atoms with Crippen LogP contribution in [-0.4, -0.2) is 47.1 Å². The lowest BCUT2D eigenvalue weighted by molar-refractivity contribution is -0.181. The molecule has 1 aliphatic rings. The molecule has 0 aromatic heterocycles. The quantitative estimate of drug-likeness (QED) is 0.479. The third-order valence-corrected chi connectivity index (χ3v) is 4.00. The van der Waals surface area contributed by atoms with Crippen molar-refractivity contribution in [3.8, 4) is 0 Å². The Morgan fingerprint density at radius 3 is 2.00 bits per heavy atom. The molecule has 1 fully saturated rings. The first kappa shape index (κ1) is 19.0. The summed E-state index contributed by atoms with van der Waals surface area (Å²) in [6.45, 7) is 1.89. The summed E-state index contributed by atoms with van der Waals surface area (Å²) in [5.41, 5.74) is -2.84. The Balaban J connectivity index is 2.85. The van der Waals surface area contributed by atoms with Crippen molar-refractivity contribution in [1.29, 1.82) is 0 Å². The molecule has 0 aliphatic carbocycles. The van der Waals surface area contributed by atoms with Crippen LogP contribution in [0.2, 0.25) is 0 Å². The van der Waals surface area contributed by atoms with Gasteiger partial charge in [0.2, 0.25) is 5.72 Å². The molecule has 9 heteroatoms. The Labute approximate surface area is 132 Å². The number of hydrogen-bond donors (Lipinski definition) is 2. The Morgan fingerprint density at radius 1 is 1.13 bits per heavy atom. The number of carbonyl (C=O) groups is 3. The second-order valence-electron chi connectivity index (χ2n) is 5.89. The zero-order valence-corrected chi connectivity index (χ0v) is 12.9. The first-order chi connectivity index (χ1) is 10.7. The number of aliphatic carboxylic acids is 2. The van der Waals surface area contributed by atoms with Gasteiger partial charge in [0, 0.05) is 25.7 Å². The summed E-state index contributed by atoms with van der Waals surface area (Å²) in [5.74, 6) is -3.01. The van der Waals surface area contributed by atoms with Crippen molar-refractivity contribution in [2.75, 3.05) is 13.2 Å². The molecule has 0 bridgehead atoms. The van der Waals surface area contributed by atoms with Gasteiger partial charge in [-0.05, 0) is 24.9 Å². The lowest BCUT2D eigenvalue weighted by atomic mass is 9.80. The number of ether oxygens (including phenoxy) is 2. The highest BCUT2D eigenvalue weighted by Gasteiger charge is 2.44. The van der Waals surface area contributed by atoms with Crippen LogP contribution in [0.15, 0.2) is 5.18 Å². The van der Waals surface area contributed by atoms with Crippen LogP contribution in [0.4, 0.5) is 0 Å². The topological polar surface area (TPSA) is 140 Å². The highest BCUT2D eigenvalue weighted by molar-refractivity contribution is 5.79. The number of carboxylic acid groups (broad SMARTS) is 2. The molecule has 0 aromatic carbocycles. The SMILES string of the molecule is CC(CCC(=O)O)(CCC(=O)O)C(=O)OC1(N=O)CCOCC1. The summed E-state index contributed by atoms with van der Waals surface area (Å²) in [6, 6.07) is 0. The van der Waals surface area contributed by atoms with E-state index in [0.717, 1.165) is 0 Å². The molecule has 1 saturated heterocycles. The van der Waals surface area contributed by atoms with E-state index in [1.54, 1.807) is 0 Å². The third-order valence-electron chi connectivity index (χ3n) is 4.00. The van der Waals surface area contributed by atoms with E-state index in [-0.39, 0.29) is 51.7 Å². The fourth-order valence-electron chi connectivity index (χ4n) is 2.29. The standard InChI is InChI=1S/C14H21NO8/c1-13(4-2-10(16)17,5-3-11(18)19)12(20)23-14(15-21)6-8-22-9-7-14/h2-9H2,1H3,(H,16,17)(H,18,19). The van der Waals surface area contributed by atoms with Crippen molar-refractivity contribution in [1.82, 2.24) is 0 Å². The number of nitrogens with zero attached hydrogens (tertiary/aromatic N) is 1. The summed E-state index contributed by atoms with van der Waals surface area (Å²) in [7, 11) is 0. The zero-order valence-electron chi connectivity index (χ0n) is 12.9. The van der Waals surface area contributed by atoms with Gasteiger partial charge < -0.3 is 19.7 Å². The molecule has 0 aromatic rings. The summed E-state index contributed by atoms with van der Waals surface area (Å²) in [6.07, 6.45) is -0.544. The molecule has 2 N–H and O–H groups in total. The van der Waals surface area contributed by atoms with Gasteiger partial charge in [0.25, 0.3) is 0 Å². The van der Waals surface area contributed by atoms with E-state index in [1.807, 2.05) is 0 Å². The predicted molar refractivity (Wildman–Crippen MR) is 76.5 cm³/mol. The first-order valence-electron chi connectivity index (χ1n) is 7.32. The van der Waals surface area contributed by atoms with Gasteiger partial charge in [-0.1, -0.05) is 0 Å². The van der Waals surface area contributed by atoms with Crippen LogP contribution in [0.1, 0.15) is 45.4 Å². The summed E-state index contributed by atoms with van der Waals surface area (Å²) < 4.78 is 10.4. The van der Waals surface area contributed by atoms with Crippen LogP contribution in [-0.2, 0) is 23.9 Å². The van der Waals surface area contributed by atoms with Crippen LogP contribution in [0.25, 0.3) is 0 Å². The molecule has 23 heavy (non-hydrogen) atoms. The molecular weight excluding hydrogens is 310 g/mol. The van der Waals surface area contributed by atoms with Crippen molar-refractivity contribution < 1.29 is 34.1 Å². The second kappa shape index (κ2) is 8.00. The van der Waals surface area contributed by atoms with E-state index in [1.165, 1.54) is 6.92 Å². The maximum absolute atomic E-state index is 12.5. The third kappa shape index (κ3) is 5.59. The van der Waals surface area contributed by atoms with Gasteiger partial charge >= 0.3 is 17.9 Å². The van der Waals surface area contributed by atoms with E-state index in [2.05, 4.69) is 5.18 Å². The molecule has 0 amide bonds. The average Bonchev–Trinajstić information content (AvgIpc) is 2.51. The molecule has 1 aliphatic heterocycles. The van der Waals surface area contributed by atoms with Crippen molar-refractivity contribution in [3.63, 3.8) is 0 Å². The van der Waals surface area contributed by atoms with Crippen LogP contribution in [0.5, 0.6) is 0 Å². The molecular formula is C14H21NO8. The Hall–Kier alpha value is -2.03. The number of carboxylic acids is 2. The minimum atomic E-state index is -1.52. The van der Waals surface area contributed by atoms with Gasteiger partial charge in [-0.2, -0.15) is 0 Å². The average molecular weight is 331 g/mol. The number of nitroso groups, excluding NO2 is 1. The maximum atomic E-state index is 12.5. The Bertz CT molecular complexity index is 451. The maximum Gasteiger partial charge on any atom is 0.314 e. The number of carbonyl (C=O) groups excluding carboxylic acids is 1. The van der Waals surface area contributed by atoms with E-state index < -0.39 is 29.0 Å². The first-order valence-corrected chi connectivity index (χ1v) is 7.32. The van der Waals surface area contributed by atoms with Crippen LogP contribution >= 0.6 is 0 Å². The van der Waals surface area contributed by atoms with E-state index >= 15 is 0 Å². The zero-order chi connectivity index (χ0) is 17.5. The fraction of sp³-hybridized carbons (Fsp3) is 0.786. The highest BCUT2D eigenvalue weighted by atomic mass is 16.6. The summed E-state index contributed by atoms with van der Waals surface area (Å²) >= 11 is 0. The monoisotopic (exact) mass is 331 g/mol. The van der Waals surface area contributed by atoms with Gasteiger partial charge in [-0.15, -0.1) is 4.91 Å². The van der Waals surface area contributed by atoms with Crippen molar-refractivity contribution >= 4 is 17.9 Å². The Kier molecular flexibility index (Phi) is 6.62. The molecule has 1 rings (SSSR count). The minimum Gasteiger partial charge on any atom is -0.481 e. The number of esters is 1. The fourth-order valence-corrected chi connectivity index (χ4v) is 2.29. The molecule has 9 nitrogen and oxygen atoms in total. The molecule has 130 valence electrons. The van der Waals surface area contributed by atoms with E-state index in [0.29, 0.717) is 0 Å². The Morgan fingerprint density at radius 2 is 1.61 bits per heavy atom. The van der Waals surface area contributed by atoms with Crippen molar-refractivity contribution in [3.05, 3.63) is 4.91 Å². The molecule has 0 saturated carbocycles. The van der Waals surface area contributed by atoms with Gasteiger partial charge in [0.1, 0.15) is 0 Å². The summed E-state index contributed by atoms with van der Waals surface area (Å²) in [4.78, 5) is 45.1. The minimum absolute atomic E-state index is 0.0834. The molecule has 1 heterocycles. The number of rotatable bonds is 9. The lowest BCUT2D eigenvalue weighted by Crippen LogP contribution is -2.43. The van der Waals surface area contributed by atoms with Crippen molar-refractivity contribution in [2.24, 2.45) is 10.6 Å². The summed E-state index contributed by atoms with van der Waals surface area (Å²) in [5, 5.41) is 20.5. The van der Waals surface area contributed by atoms with Crippen LogP contribution in [0, 0.1) is 10.3 Å². The van der Waals surface area contributed by atoms with E-state index in [9.17, 15) is 19.3 Å². The van der Waals surface area contributed by atoms with E-state index in [4.69, 9.17) is 19.7 Å². The van der Waals surface area contributed by atoms with Crippen LogP contribution < -0.4 is 0 Å². The smallest absolute Gasteiger partial charge is 0.314 e. The number of hydrogen-bond acceptors (Lipinski definition) is 7. The molecule has 0 unspecified atom stereocenters.